The quantitative estimate of drug-likeness (QED) is 0.816. The number of carbonyl (C=O) groups is 1. The minimum absolute atomic E-state index is 0.0597. The Morgan fingerprint density at radius 1 is 1.53 bits per heavy atom. The molecule has 1 heterocycles. The summed E-state index contributed by atoms with van der Waals surface area (Å²) >= 11 is 0. The topological polar surface area (TPSA) is 50.2 Å². The van der Waals surface area contributed by atoms with Gasteiger partial charge in [-0.25, -0.2) is 4.98 Å². The molecule has 0 spiro atoms. The van der Waals surface area contributed by atoms with Crippen LogP contribution in [0.1, 0.15) is 18.3 Å². The molecular weight excluding hydrogens is 216 g/mol. The summed E-state index contributed by atoms with van der Waals surface area (Å²) in [5, 5.41) is 2.92. The Kier molecular flexibility index (Phi) is 4.69. The molecule has 0 aliphatic rings. The van der Waals surface area contributed by atoms with E-state index in [0.717, 1.165) is 17.9 Å². The first-order valence-electron chi connectivity index (χ1n) is 5.86. The summed E-state index contributed by atoms with van der Waals surface area (Å²) in [4.78, 5) is 17.8. The third-order valence-electron chi connectivity index (χ3n) is 3.15. The zero-order valence-electron chi connectivity index (χ0n) is 11.3. The maximum atomic E-state index is 11.7. The van der Waals surface area contributed by atoms with Gasteiger partial charge in [0.1, 0.15) is 0 Å². The van der Waals surface area contributed by atoms with E-state index < -0.39 is 0 Å². The van der Waals surface area contributed by atoms with Crippen LogP contribution < -0.4 is 5.32 Å². The Morgan fingerprint density at radius 3 is 2.65 bits per heavy atom. The second-order valence-corrected chi connectivity index (χ2v) is 4.54. The number of aryl methyl sites for hydroxylation is 1. The third-order valence-corrected chi connectivity index (χ3v) is 3.15. The zero-order valence-corrected chi connectivity index (χ0v) is 11.3. The molecule has 96 valence electrons. The van der Waals surface area contributed by atoms with Gasteiger partial charge in [-0.05, 0) is 34.9 Å². The predicted octanol–water partition coefficient (Wildman–Crippen LogP) is 0.566. The number of aromatic nitrogens is 2. The first-order valence-corrected chi connectivity index (χ1v) is 5.86. The lowest BCUT2D eigenvalue weighted by atomic mass is 10.3. The average Bonchev–Trinajstić information content (AvgIpc) is 2.59. The van der Waals surface area contributed by atoms with E-state index in [9.17, 15) is 4.79 Å². The largest absolute Gasteiger partial charge is 0.353 e. The molecule has 1 rings (SSSR count). The van der Waals surface area contributed by atoms with E-state index >= 15 is 0 Å². The molecule has 1 amide bonds. The highest BCUT2D eigenvalue weighted by Gasteiger charge is 2.13. The fourth-order valence-corrected chi connectivity index (χ4v) is 1.45. The van der Waals surface area contributed by atoms with Crippen LogP contribution in [0.15, 0.2) is 6.33 Å². The van der Waals surface area contributed by atoms with Crippen LogP contribution in [0, 0.1) is 13.8 Å². The highest BCUT2D eigenvalue weighted by Crippen LogP contribution is 2.03. The summed E-state index contributed by atoms with van der Waals surface area (Å²) in [7, 11) is 3.79. The van der Waals surface area contributed by atoms with Gasteiger partial charge < -0.3 is 9.88 Å². The highest BCUT2D eigenvalue weighted by atomic mass is 16.2. The molecule has 0 bridgehead atoms. The number of hydrogen-bond acceptors (Lipinski definition) is 3. The molecule has 0 saturated heterocycles. The molecule has 0 radical (unpaired) electrons. The second kappa shape index (κ2) is 5.82. The van der Waals surface area contributed by atoms with E-state index in [-0.39, 0.29) is 11.9 Å². The van der Waals surface area contributed by atoms with Gasteiger partial charge in [0, 0.05) is 18.8 Å². The molecule has 1 atom stereocenters. The summed E-state index contributed by atoms with van der Waals surface area (Å²) in [6.07, 6.45) is 1.81. The van der Waals surface area contributed by atoms with E-state index in [1.54, 1.807) is 0 Å². The smallest absolute Gasteiger partial charge is 0.237 e. The van der Waals surface area contributed by atoms with Crippen LogP contribution in [-0.2, 0) is 11.3 Å². The molecule has 1 aromatic heterocycles. The zero-order chi connectivity index (χ0) is 13.0. The van der Waals surface area contributed by atoms with E-state index in [1.807, 2.05) is 46.1 Å². The lowest BCUT2D eigenvalue weighted by Crippen LogP contribution is -2.42. The lowest BCUT2D eigenvalue weighted by molar-refractivity contribution is -0.125. The SMILES string of the molecule is Cc1ncn(CCNC(=O)C(C)N(C)C)c1C. The Balaban J connectivity index is 2.38. The molecule has 5 heteroatoms. The molecule has 1 N–H and O–H groups in total. The number of amides is 1. The van der Waals surface area contributed by atoms with Gasteiger partial charge in [0.05, 0.1) is 18.1 Å². The van der Waals surface area contributed by atoms with E-state index in [0.29, 0.717) is 6.54 Å². The molecule has 1 unspecified atom stereocenters. The van der Waals surface area contributed by atoms with E-state index in [2.05, 4.69) is 14.9 Å². The van der Waals surface area contributed by atoms with Gasteiger partial charge in [-0.2, -0.15) is 0 Å². The molecule has 1 aromatic rings. The number of carbonyl (C=O) groups excluding carboxylic acids is 1. The normalized spacial score (nSPS) is 12.8. The summed E-state index contributed by atoms with van der Waals surface area (Å²) in [5.41, 5.74) is 2.19. The predicted molar refractivity (Wildman–Crippen MR) is 67.9 cm³/mol. The van der Waals surface area contributed by atoms with Crippen molar-refractivity contribution >= 4 is 5.91 Å². The molecule has 0 saturated carbocycles. The maximum Gasteiger partial charge on any atom is 0.237 e. The van der Waals surface area contributed by atoms with E-state index in [1.165, 1.54) is 0 Å². The minimum Gasteiger partial charge on any atom is -0.353 e. The van der Waals surface area contributed by atoms with Crippen LogP contribution in [0.25, 0.3) is 0 Å². The van der Waals surface area contributed by atoms with Crippen molar-refractivity contribution in [1.29, 1.82) is 0 Å². The van der Waals surface area contributed by atoms with Crippen molar-refractivity contribution in [2.75, 3.05) is 20.6 Å². The lowest BCUT2D eigenvalue weighted by Gasteiger charge is -2.19. The van der Waals surface area contributed by atoms with Crippen LogP contribution in [-0.4, -0.2) is 47.0 Å². The fraction of sp³-hybridized carbons (Fsp3) is 0.667. The molecule has 0 aliphatic heterocycles. The van der Waals surface area contributed by atoms with Crippen molar-refractivity contribution in [1.82, 2.24) is 19.8 Å². The van der Waals surface area contributed by atoms with Gasteiger partial charge in [-0.3, -0.25) is 9.69 Å². The summed E-state index contributed by atoms with van der Waals surface area (Å²) in [5.74, 6) is 0.0597. The van der Waals surface area contributed by atoms with Crippen LogP contribution in [0.4, 0.5) is 0 Å². The van der Waals surface area contributed by atoms with Gasteiger partial charge in [0.15, 0.2) is 0 Å². The van der Waals surface area contributed by atoms with Crippen LogP contribution in [0.2, 0.25) is 0 Å². The Bertz CT molecular complexity index is 384. The molecule has 5 nitrogen and oxygen atoms in total. The summed E-state index contributed by atoms with van der Waals surface area (Å²) in [6, 6.07) is -0.0966. The first-order chi connectivity index (χ1) is 7.93. The molecule has 0 aliphatic carbocycles. The van der Waals surface area contributed by atoms with Crippen molar-refractivity contribution in [2.45, 2.75) is 33.4 Å². The van der Waals surface area contributed by atoms with Gasteiger partial charge in [0.2, 0.25) is 5.91 Å². The molecule has 0 aromatic carbocycles. The molecule has 17 heavy (non-hydrogen) atoms. The van der Waals surface area contributed by atoms with Gasteiger partial charge in [-0.1, -0.05) is 0 Å². The van der Waals surface area contributed by atoms with Crippen LogP contribution in [0.3, 0.4) is 0 Å². The number of nitrogens with zero attached hydrogens (tertiary/aromatic N) is 3. The molecular formula is C12H22N4O. The Morgan fingerprint density at radius 2 is 2.18 bits per heavy atom. The third kappa shape index (κ3) is 3.56. The van der Waals surface area contributed by atoms with Gasteiger partial charge in [0.25, 0.3) is 0 Å². The minimum atomic E-state index is -0.0966. The number of nitrogens with one attached hydrogen (secondary N) is 1. The van der Waals surface area contributed by atoms with Crippen molar-refractivity contribution in [3.05, 3.63) is 17.7 Å². The first kappa shape index (κ1) is 13.7. The van der Waals surface area contributed by atoms with Crippen molar-refractivity contribution in [2.24, 2.45) is 0 Å². The van der Waals surface area contributed by atoms with Crippen molar-refractivity contribution in [3.8, 4) is 0 Å². The van der Waals surface area contributed by atoms with Gasteiger partial charge >= 0.3 is 0 Å². The number of imidazole rings is 1. The van der Waals surface area contributed by atoms with Gasteiger partial charge in [-0.15, -0.1) is 0 Å². The number of hydrogen-bond donors (Lipinski definition) is 1. The Labute approximate surface area is 103 Å². The van der Waals surface area contributed by atoms with Crippen molar-refractivity contribution in [3.63, 3.8) is 0 Å². The number of likely N-dealkylation sites (N-methyl/N-ethyl adjacent to an activating group) is 1. The highest BCUT2D eigenvalue weighted by molar-refractivity contribution is 5.81. The van der Waals surface area contributed by atoms with Crippen LogP contribution in [0.5, 0.6) is 0 Å². The number of rotatable bonds is 5. The summed E-state index contributed by atoms with van der Waals surface area (Å²) < 4.78 is 2.05. The monoisotopic (exact) mass is 238 g/mol. The Hall–Kier alpha value is -1.36. The van der Waals surface area contributed by atoms with Crippen molar-refractivity contribution < 1.29 is 4.79 Å². The van der Waals surface area contributed by atoms with E-state index in [4.69, 9.17) is 0 Å². The summed E-state index contributed by atoms with van der Waals surface area (Å²) in [6.45, 7) is 7.30. The standard InChI is InChI=1S/C12H22N4O/c1-9-10(2)16(8-14-9)7-6-13-12(17)11(3)15(4)5/h8,11H,6-7H2,1-5H3,(H,13,17). The molecule has 0 fully saturated rings. The fourth-order valence-electron chi connectivity index (χ4n) is 1.45. The maximum absolute atomic E-state index is 11.7. The average molecular weight is 238 g/mol. The van der Waals surface area contributed by atoms with Crippen LogP contribution >= 0.6 is 0 Å². The second-order valence-electron chi connectivity index (χ2n) is 4.54.